The summed E-state index contributed by atoms with van der Waals surface area (Å²) in [6, 6.07) is 4.85. The average molecular weight is 468 g/mol. The van der Waals surface area contributed by atoms with Crippen LogP contribution >= 0.6 is 11.6 Å². The number of pyridine rings is 1. The van der Waals surface area contributed by atoms with Crippen LogP contribution in [-0.2, 0) is 23.1 Å². The first-order valence-corrected chi connectivity index (χ1v) is 11.2. The fourth-order valence-electron chi connectivity index (χ4n) is 3.52. The number of carbonyl (C=O) groups is 1. The van der Waals surface area contributed by atoms with Gasteiger partial charge in [-0.15, -0.1) is 0 Å². The van der Waals surface area contributed by atoms with Crippen LogP contribution in [0.3, 0.4) is 0 Å². The van der Waals surface area contributed by atoms with Crippen molar-refractivity contribution < 1.29 is 27.1 Å². The molecule has 11 heteroatoms. The molecular weight excluding hydrogens is 452 g/mol. The third-order valence-corrected chi connectivity index (χ3v) is 6.64. The molecule has 2 heterocycles. The molecule has 0 bridgehead atoms. The molecule has 3 aromatic rings. The zero-order valence-electron chi connectivity index (χ0n) is 16.1. The molecule has 0 saturated carbocycles. The van der Waals surface area contributed by atoms with Crippen LogP contribution < -0.4 is 4.72 Å². The highest BCUT2D eigenvalue weighted by Gasteiger charge is 2.36. The molecule has 1 aromatic heterocycles. The summed E-state index contributed by atoms with van der Waals surface area (Å²) in [5.41, 5.74) is 0.292. The van der Waals surface area contributed by atoms with Crippen molar-refractivity contribution in [3.05, 3.63) is 63.8 Å². The summed E-state index contributed by atoms with van der Waals surface area (Å²) in [7, 11) is -3.72. The van der Waals surface area contributed by atoms with Crippen LogP contribution in [-0.4, -0.2) is 35.1 Å². The lowest BCUT2D eigenvalue weighted by Gasteiger charge is -2.17. The minimum atomic E-state index is -3.72. The molecular formula is C20H16ClF2N3O4S. The van der Waals surface area contributed by atoms with E-state index in [4.69, 9.17) is 11.6 Å². The molecule has 1 aliphatic heterocycles. The predicted octanol–water partition coefficient (Wildman–Crippen LogP) is 3.79. The van der Waals surface area contributed by atoms with Gasteiger partial charge >= 0.3 is 0 Å². The number of nitrogens with one attached hydrogen (secondary N) is 1. The monoisotopic (exact) mass is 467 g/mol. The van der Waals surface area contributed by atoms with Crippen molar-refractivity contribution in [2.45, 2.75) is 20.0 Å². The Hall–Kier alpha value is -2.98. The first-order chi connectivity index (χ1) is 14.6. The van der Waals surface area contributed by atoms with Crippen molar-refractivity contribution in [3.8, 4) is 5.75 Å². The van der Waals surface area contributed by atoms with E-state index in [0.717, 1.165) is 6.07 Å². The number of hydrogen-bond acceptors (Lipinski definition) is 5. The molecule has 0 fully saturated rings. The fourth-order valence-corrected chi connectivity index (χ4v) is 4.39. The van der Waals surface area contributed by atoms with Gasteiger partial charge in [-0.05, 0) is 25.1 Å². The second-order valence-electron chi connectivity index (χ2n) is 7.00. The number of anilines is 1. The second kappa shape index (κ2) is 7.61. The molecule has 31 heavy (non-hydrogen) atoms. The molecule has 0 unspecified atom stereocenters. The molecule has 0 saturated heterocycles. The van der Waals surface area contributed by atoms with E-state index < -0.39 is 33.3 Å². The zero-order valence-corrected chi connectivity index (χ0v) is 17.7. The van der Waals surface area contributed by atoms with Crippen molar-refractivity contribution in [2.24, 2.45) is 0 Å². The molecule has 1 aliphatic rings. The second-order valence-corrected chi connectivity index (χ2v) is 9.42. The lowest BCUT2D eigenvalue weighted by atomic mass is 10.0. The van der Waals surface area contributed by atoms with E-state index in [9.17, 15) is 27.1 Å². The summed E-state index contributed by atoms with van der Waals surface area (Å²) in [5, 5.41) is 10.7. The summed E-state index contributed by atoms with van der Waals surface area (Å²) in [6.45, 7) is 1.09. The van der Waals surface area contributed by atoms with E-state index in [-0.39, 0.29) is 51.8 Å². The SMILES string of the molecule is CCS(=O)(=O)Nc1c2c(c(O)c3ncccc13)C(=O)N(Cc1cc(Cl)c(F)cc1F)C2. The quantitative estimate of drug-likeness (QED) is 0.439. The number of rotatable bonds is 5. The number of aromatic nitrogens is 1. The van der Waals surface area contributed by atoms with Gasteiger partial charge in [0.05, 0.1) is 22.0 Å². The van der Waals surface area contributed by atoms with Gasteiger partial charge in [-0.25, -0.2) is 17.2 Å². The van der Waals surface area contributed by atoms with Crippen LogP contribution in [0.2, 0.25) is 5.02 Å². The highest BCUT2D eigenvalue weighted by Crippen LogP contribution is 2.43. The Morgan fingerprint density at radius 2 is 2.03 bits per heavy atom. The molecule has 4 rings (SSSR count). The van der Waals surface area contributed by atoms with Gasteiger partial charge in [0.1, 0.15) is 17.2 Å². The minimum Gasteiger partial charge on any atom is -0.505 e. The molecule has 0 spiro atoms. The van der Waals surface area contributed by atoms with Gasteiger partial charge < -0.3 is 10.0 Å². The number of phenols is 1. The zero-order chi connectivity index (χ0) is 22.5. The number of fused-ring (bicyclic) bond motifs is 2. The maximum absolute atomic E-state index is 14.2. The van der Waals surface area contributed by atoms with Gasteiger partial charge in [0.25, 0.3) is 5.91 Å². The Morgan fingerprint density at radius 1 is 1.29 bits per heavy atom. The average Bonchev–Trinajstić information content (AvgIpc) is 3.05. The highest BCUT2D eigenvalue weighted by atomic mass is 35.5. The van der Waals surface area contributed by atoms with Crippen LogP contribution in [0.25, 0.3) is 10.9 Å². The Morgan fingerprint density at radius 3 is 2.74 bits per heavy atom. The molecule has 2 N–H and O–H groups in total. The van der Waals surface area contributed by atoms with Crippen molar-refractivity contribution in [1.82, 2.24) is 9.88 Å². The fraction of sp³-hybridized carbons (Fsp3) is 0.200. The standard InChI is InChI=1S/C20H16ClF2N3O4S/c1-2-31(29,30)25-17-11-4-3-5-24-18(11)19(27)16-12(17)9-26(20(16)28)8-10-6-13(21)15(23)7-14(10)22/h3-7,25,27H,2,8-9H2,1H3. The van der Waals surface area contributed by atoms with E-state index in [1.54, 1.807) is 12.1 Å². The number of phenolic OH excluding ortho intramolecular Hbond substituents is 1. The van der Waals surface area contributed by atoms with Crippen molar-refractivity contribution >= 4 is 44.1 Å². The minimum absolute atomic E-state index is 0.0228. The Labute approximate surface area is 181 Å². The molecule has 7 nitrogen and oxygen atoms in total. The lowest BCUT2D eigenvalue weighted by Crippen LogP contribution is -2.24. The topological polar surface area (TPSA) is 99.6 Å². The summed E-state index contributed by atoms with van der Waals surface area (Å²) < 4.78 is 54.7. The molecule has 0 aliphatic carbocycles. The molecule has 2 aromatic carbocycles. The number of sulfonamides is 1. The number of aromatic hydroxyl groups is 1. The molecule has 0 radical (unpaired) electrons. The Kier molecular flexibility index (Phi) is 5.22. The summed E-state index contributed by atoms with van der Waals surface area (Å²) in [5.74, 6) is -3.05. The van der Waals surface area contributed by atoms with Crippen LogP contribution in [0.1, 0.15) is 28.4 Å². The predicted molar refractivity (Wildman–Crippen MR) is 111 cm³/mol. The normalized spacial score (nSPS) is 13.7. The van der Waals surface area contributed by atoms with Gasteiger partial charge in [-0.2, -0.15) is 0 Å². The third-order valence-electron chi connectivity index (χ3n) is 5.08. The van der Waals surface area contributed by atoms with Gasteiger partial charge in [0, 0.05) is 41.9 Å². The van der Waals surface area contributed by atoms with Crippen molar-refractivity contribution in [1.29, 1.82) is 0 Å². The number of nitrogens with zero attached hydrogens (tertiary/aromatic N) is 2. The van der Waals surface area contributed by atoms with Gasteiger partial charge in [0.2, 0.25) is 10.0 Å². The smallest absolute Gasteiger partial charge is 0.258 e. The van der Waals surface area contributed by atoms with Gasteiger partial charge in [-0.3, -0.25) is 14.5 Å². The van der Waals surface area contributed by atoms with Crippen molar-refractivity contribution in [3.63, 3.8) is 0 Å². The van der Waals surface area contributed by atoms with E-state index in [1.807, 2.05) is 0 Å². The number of halogens is 3. The van der Waals surface area contributed by atoms with Crippen LogP contribution in [0, 0.1) is 11.6 Å². The van der Waals surface area contributed by atoms with Crippen molar-refractivity contribution in [2.75, 3.05) is 10.5 Å². The summed E-state index contributed by atoms with van der Waals surface area (Å²) in [6.07, 6.45) is 1.40. The maximum Gasteiger partial charge on any atom is 0.258 e. The maximum atomic E-state index is 14.2. The van der Waals surface area contributed by atoms with Gasteiger partial charge in [0.15, 0.2) is 5.75 Å². The van der Waals surface area contributed by atoms with Crippen LogP contribution in [0.15, 0.2) is 30.5 Å². The summed E-state index contributed by atoms with van der Waals surface area (Å²) in [4.78, 5) is 18.3. The largest absolute Gasteiger partial charge is 0.505 e. The summed E-state index contributed by atoms with van der Waals surface area (Å²) >= 11 is 5.74. The number of hydrogen-bond donors (Lipinski definition) is 2. The van der Waals surface area contributed by atoms with E-state index >= 15 is 0 Å². The number of amides is 1. The Balaban J connectivity index is 1.84. The van der Waals surface area contributed by atoms with E-state index in [2.05, 4.69) is 9.71 Å². The highest BCUT2D eigenvalue weighted by molar-refractivity contribution is 7.92. The lowest BCUT2D eigenvalue weighted by molar-refractivity contribution is 0.0763. The van der Waals surface area contributed by atoms with Crippen LogP contribution in [0.4, 0.5) is 14.5 Å². The molecule has 1 amide bonds. The molecule has 0 atom stereocenters. The number of benzene rings is 2. The molecule has 162 valence electrons. The first-order valence-electron chi connectivity index (χ1n) is 9.18. The first kappa shape index (κ1) is 21.3. The van der Waals surface area contributed by atoms with Gasteiger partial charge in [-0.1, -0.05) is 11.6 Å². The number of carbonyl (C=O) groups excluding carboxylic acids is 1. The van der Waals surface area contributed by atoms with E-state index in [1.165, 1.54) is 18.0 Å². The Bertz CT molecular complexity index is 1350. The van der Waals surface area contributed by atoms with Crippen LogP contribution in [0.5, 0.6) is 5.75 Å². The van der Waals surface area contributed by atoms with E-state index in [0.29, 0.717) is 11.5 Å². The third kappa shape index (κ3) is 3.66.